The first-order valence-electron chi connectivity index (χ1n) is 9.05. The molecule has 0 aromatic heterocycles. The van der Waals surface area contributed by atoms with Crippen molar-refractivity contribution in [1.82, 2.24) is 10.2 Å². The summed E-state index contributed by atoms with van der Waals surface area (Å²) in [6.45, 7) is 2.77. The standard InChI is InChI=1S/C21H21FN2O5/c1-14-7-9-15(10-8-14)21(2)19(26)24(20(27)23-21)13-18(25)29-12-11-28-17-6-4-3-5-16(17)22/h3-10H,11-13H2,1-2H3,(H,23,27)/t21-/m0/s1. The van der Waals surface area contributed by atoms with Crippen molar-refractivity contribution < 1.29 is 28.2 Å². The molecule has 8 heteroatoms. The number of para-hydroxylation sites is 1. The fourth-order valence-corrected chi connectivity index (χ4v) is 2.97. The van der Waals surface area contributed by atoms with Gasteiger partial charge in [-0.05, 0) is 31.5 Å². The zero-order valence-electron chi connectivity index (χ0n) is 16.1. The summed E-state index contributed by atoms with van der Waals surface area (Å²) in [7, 11) is 0. The van der Waals surface area contributed by atoms with Crippen molar-refractivity contribution in [2.45, 2.75) is 19.4 Å². The van der Waals surface area contributed by atoms with Gasteiger partial charge in [-0.2, -0.15) is 0 Å². The predicted molar refractivity (Wildman–Crippen MR) is 102 cm³/mol. The smallest absolute Gasteiger partial charge is 0.326 e. The molecule has 0 spiro atoms. The number of nitrogens with one attached hydrogen (secondary N) is 1. The van der Waals surface area contributed by atoms with Gasteiger partial charge in [0.25, 0.3) is 5.91 Å². The van der Waals surface area contributed by atoms with E-state index in [0.717, 1.165) is 10.5 Å². The van der Waals surface area contributed by atoms with Crippen LogP contribution in [0.5, 0.6) is 5.75 Å². The van der Waals surface area contributed by atoms with Gasteiger partial charge in [0.2, 0.25) is 0 Å². The Hall–Kier alpha value is -3.42. The molecule has 1 atom stereocenters. The van der Waals surface area contributed by atoms with E-state index in [4.69, 9.17) is 9.47 Å². The molecule has 3 amide bonds. The summed E-state index contributed by atoms with van der Waals surface area (Å²) in [4.78, 5) is 37.9. The van der Waals surface area contributed by atoms with Crippen molar-refractivity contribution in [3.63, 3.8) is 0 Å². The molecule has 0 radical (unpaired) electrons. The first-order chi connectivity index (χ1) is 13.8. The normalized spacial score (nSPS) is 18.5. The second kappa shape index (κ2) is 8.30. The lowest BCUT2D eigenvalue weighted by atomic mass is 9.91. The highest BCUT2D eigenvalue weighted by atomic mass is 19.1. The zero-order chi connectivity index (χ0) is 21.0. The third-order valence-electron chi connectivity index (χ3n) is 4.63. The maximum atomic E-state index is 13.4. The number of imide groups is 1. The van der Waals surface area contributed by atoms with E-state index in [1.165, 1.54) is 18.2 Å². The number of carbonyl (C=O) groups is 3. The van der Waals surface area contributed by atoms with Gasteiger partial charge in [-0.25, -0.2) is 9.18 Å². The highest BCUT2D eigenvalue weighted by Gasteiger charge is 2.49. The number of hydrogen-bond donors (Lipinski definition) is 1. The molecule has 0 aliphatic carbocycles. The van der Waals surface area contributed by atoms with Gasteiger partial charge in [0, 0.05) is 0 Å². The molecule has 1 N–H and O–H groups in total. The van der Waals surface area contributed by atoms with Gasteiger partial charge >= 0.3 is 12.0 Å². The Morgan fingerprint density at radius 2 is 1.79 bits per heavy atom. The van der Waals surface area contributed by atoms with Crippen LogP contribution in [0, 0.1) is 12.7 Å². The van der Waals surface area contributed by atoms with Crippen LogP contribution in [-0.4, -0.2) is 42.6 Å². The average Bonchev–Trinajstić information content (AvgIpc) is 2.91. The number of rotatable bonds is 7. The molecule has 0 bridgehead atoms. The quantitative estimate of drug-likeness (QED) is 0.439. The number of urea groups is 1. The lowest BCUT2D eigenvalue weighted by Crippen LogP contribution is -2.41. The predicted octanol–water partition coefficient (Wildman–Crippen LogP) is 2.52. The first-order valence-corrected chi connectivity index (χ1v) is 9.05. The van der Waals surface area contributed by atoms with Gasteiger partial charge in [0.05, 0.1) is 0 Å². The summed E-state index contributed by atoms with van der Waals surface area (Å²) in [6.07, 6.45) is 0. The van der Waals surface area contributed by atoms with Crippen LogP contribution in [0.4, 0.5) is 9.18 Å². The topological polar surface area (TPSA) is 84.9 Å². The number of halogens is 1. The van der Waals surface area contributed by atoms with Crippen molar-refractivity contribution in [2.24, 2.45) is 0 Å². The number of ether oxygens (including phenoxy) is 2. The SMILES string of the molecule is Cc1ccc([C@]2(C)NC(=O)N(CC(=O)OCCOc3ccccc3F)C2=O)cc1. The number of carbonyl (C=O) groups excluding carboxylic acids is 3. The largest absolute Gasteiger partial charge is 0.487 e. The Balaban J connectivity index is 1.53. The van der Waals surface area contributed by atoms with E-state index in [9.17, 15) is 18.8 Å². The maximum absolute atomic E-state index is 13.4. The van der Waals surface area contributed by atoms with Crippen LogP contribution < -0.4 is 10.1 Å². The minimum atomic E-state index is -1.25. The Morgan fingerprint density at radius 3 is 2.48 bits per heavy atom. The molecule has 2 aromatic rings. The van der Waals surface area contributed by atoms with Crippen LogP contribution in [0.3, 0.4) is 0 Å². The van der Waals surface area contributed by atoms with Crippen molar-refractivity contribution in [2.75, 3.05) is 19.8 Å². The minimum Gasteiger partial charge on any atom is -0.487 e. The second-order valence-corrected chi connectivity index (χ2v) is 6.81. The van der Waals surface area contributed by atoms with Crippen LogP contribution >= 0.6 is 0 Å². The summed E-state index contributed by atoms with van der Waals surface area (Å²) < 4.78 is 23.6. The average molecular weight is 400 g/mol. The molecule has 0 unspecified atom stereocenters. The molecule has 1 aliphatic heterocycles. The Labute approximate surface area is 167 Å². The summed E-state index contributed by atoms with van der Waals surface area (Å²) in [5.41, 5.74) is 0.390. The Bertz CT molecular complexity index is 931. The lowest BCUT2D eigenvalue weighted by Gasteiger charge is -2.22. The van der Waals surface area contributed by atoms with Crippen LogP contribution in [0.15, 0.2) is 48.5 Å². The third-order valence-corrected chi connectivity index (χ3v) is 4.63. The molecule has 2 aromatic carbocycles. The van der Waals surface area contributed by atoms with Gasteiger partial charge in [-0.1, -0.05) is 42.0 Å². The minimum absolute atomic E-state index is 0.0477. The van der Waals surface area contributed by atoms with Crippen LogP contribution in [0.1, 0.15) is 18.1 Å². The highest BCUT2D eigenvalue weighted by Crippen LogP contribution is 2.28. The molecule has 1 heterocycles. The molecule has 29 heavy (non-hydrogen) atoms. The molecule has 7 nitrogen and oxygen atoms in total. The van der Waals surface area contributed by atoms with E-state index in [-0.39, 0.29) is 19.0 Å². The molecule has 0 saturated carbocycles. The van der Waals surface area contributed by atoms with Gasteiger partial charge in [0.15, 0.2) is 11.6 Å². The van der Waals surface area contributed by atoms with Gasteiger partial charge < -0.3 is 14.8 Å². The Kier molecular flexibility index (Phi) is 5.81. The van der Waals surface area contributed by atoms with Crippen molar-refractivity contribution >= 4 is 17.9 Å². The number of nitrogens with zero attached hydrogens (tertiary/aromatic N) is 1. The van der Waals surface area contributed by atoms with Gasteiger partial charge in [-0.15, -0.1) is 0 Å². The first kappa shape index (κ1) is 20.3. The monoisotopic (exact) mass is 400 g/mol. The Morgan fingerprint density at radius 1 is 1.10 bits per heavy atom. The summed E-state index contributed by atoms with van der Waals surface area (Å²) in [5.74, 6) is -1.77. The van der Waals surface area contributed by atoms with Crippen LogP contribution in [-0.2, 0) is 19.9 Å². The molecular formula is C21H21FN2O5. The molecular weight excluding hydrogens is 379 g/mol. The molecule has 152 valence electrons. The van der Waals surface area contributed by atoms with Gasteiger partial charge in [0.1, 0.15) is 25.3 Å². The zero-order valence-corrected chi connectivity index (χ0v) is 16.1. The second-order valence-electron chi connectivity index (χ2n) is 6.81. The molecule has 3 rings (SSSR count). The van der Waals surface area contributed by atoms with E-state index >= 15 is 0 Å². The lowest BCUT2D eigenvalue weighted by molar-refractivity contribution is -0.148. The molecule has 1 saturated heterocycles. The molecule has 1 aliphatic rings. The number of benzene rings is 2. The number of aryl methyl sites for hydroxylation is 1. The van der Waals surface area contributed by atoms with Crippen LogP contribution in [0.2, 0.25) is 0 Å². The summed E-state index contributed by atoms with van der Waals surface area (Å²) >= 11 is 0. The fourth-order valence-electron chi connectivity index (χ4n) is 2.97. The fraction of sp³-hybridized carbons (Fsp3) is 0.286. The van der Waals surface area contributed by atoms with E-state index in [1.807, 2.05) is 19.1 Å². The van der Waals surface area contributed by atoms with Crippen LogP contribution in [0.25, 0.3) is 0 Å². The highest BCUT2D eigenvalue weighted by molar-refractivity contribution is 6.08. The van der Waals surface area contributed by atoms with E-state index < -0.39 is 35.8 Å². The number of esters is 1. The third kappa shape index (κ3) is 4.37. The van der Waals surface area contributed by atoms with Gasteiger partial charge in [-0.3, -0.25) is 14.5 Å². The summed E-state index contributed by atoms with van der Waals surface area (Å²) in [6, 6.07) is 12.4. The van der Waals surface area contributed by atoms with Crippen molar-refractivity contribution in [3.05, 3.63) is 65.5 Å². The summed E-state index contributed by atoms with van der Waals surface area (Å²) in [5, 5.41) is 2.63. The van der Waals surface area contributed by atoms with Crippen molar-refractivity contribution in [1.29, 1.82) is 0 Å². The van der Waals surface area contributed by atoms with Crippen molar-refractivity contribution in [3.8, 4) is 5.75 Å². The van der Waals surface area contributed by atoms with E-state index in [0.29, 0.717) is 5.56 Å². The van der Waals surface area contributed by atoms with E-state index in [2.05, 4.69) is 5.32 Å². The molecule has 1 fully saturated rings. The number of hydrogen-bond acceptors (Lipinski definition) is 5. The maximum Gasteiger partial charge on any atom is 0.326 e. The number of amides is 3. The van der Waals surface area contributed by atoms with E-state index in [1.54, 1.807) is 25.1 Å².